The van der Waals surface area contributed by atoms with Gasteiger partial charge in [-0.2, -0.15) is 5.26 Å². The van der Waals surface area contributed by atoms with Crippen LogP contribution in [0.25, 0.3) is 11.3 Å². The molecule has 0 aliphatic carbocycles. The Hall–Kier alpha value is -3.74. The standard InChI is InChI=1S/C24H26N6O3/c1-30(10-11-31)23-5-3-19(16-27-23)28-24-26-9-6-21(29-24)17-2-4-22(18(14-17)15-25)33-20-7-12-32-13-8-20/h2-6,9,14,16,20,31H,7-8,10-13H2,1H3,(H,26,28,29). The molecule has 0 amide bonds. The molecule has 0 spiro atoms. The van der Waals surface area contributed by atoms with Gasteiger partial charge < -0.3 is 24.8 Å². The van der Waals surface area contributed by atoms with Crippen molar-refractivity contribution in [2.75, 3.05) is 43.6 Å². The minimum Gasteiger partial charge on any atom is -0.489 e. The van der Waals surface area contributed by atoms with Crippen LogP contribution in [0.4, 0.5) is 17.5 Å². The fourth-order valence-electron chi connectivity index (χ4n) is 3.51. The van der Waals surface area contributed by atoms with Gasteiger partial charge in [0.15, 0.2) is 0 Å². The van der Waals surface area contributed by atoms with E-state index >= 15 is 0 Å². The van der Waals surface area contributed by atoms with Gasteiger partial charge in [0.2, 0.25) is 5.95 Å². The first-order chi connectivity index (χ1) is 16.2. The van der Waals surface area contributed by atoms with E-state index < -0.39 is 0 Å². The third kappa shape index (κ3) is 5.74. The van der Waals surface area contributed by atoms with Crippen molar-refractivity contribution in [2.45, 2.75) is 18.9 Å². The Morgan fingerprint density at radius 3 is 2.79 bits per heavy atom. The summed E-state index contributed by atoms with van der Waals surface area (Å²) in [6.45, 7) is 1.93. The second-order valence-corrected chi connectivity index (χ2v) is 7.69. The number of likely N-dealkylation sites (N-methyl/N-ethyl adjacent to an activating group) is 1. The van der Waals surface area contributed by atoms with E-state index in [2.05, 4.69) is 26.3 Å². The molecule has 2 N–H and O–H groups in total. The quantitative estimate of drug-likeness (QED) is 0.538. The zero-order valence-electron chi connectivity index (χ0n) is 18.4. The first-order valence-corrected chi connectivity index (χ1v) is 10.8. The number of aliphatic hydroxyl groups is 1. The van der Waals surface area contributed by atoms with Gasteiger partial charge in [-0.3, -0.25) is 0 Å². The molecule has 170 valence electrons. The molecular weight excluding hydrogens is 420 g/mol. The van der Waals surface area contributed by atoms with Crippen molar-refractivity contribution in [3.63, 3.8) is 0 Å². The fraction of sp³-hybridized carbons (Fsp3) is 0.333. The minimum atomic E-state index is 0.0645. The summed E-state index contributed by atoms with van der Waals surface area (Å²) in [6, 6.07) is 13.3. The first kappa shape index (κ1) is 22.5. The predicted octanol–water partition coefficient (Wildman–Crippen LogP) is 3.14. The summed E-state index contributed by atoms with van der Waals surface area (Å²) in [5.41, 5.74) is 2.70. The van der Waals surface area contributed by atoms with E-state index in [1.54, 1.807) is 24.5 Å². The molecule has 1 fully saturated rings. The highest BCUT2D eigenvalue weighted by atomic mass is 16.5. The van der Waals surface area contributed by atoms with Gasteiger partial charge in [0.05, 0.1) is 43.0 Å². The molecule has 4 rings (SSSR count). The third-order valence-electron chi connectivity index (χ3n) is 5.34. The number of aliphatic hydroxyl groups excluding tert-OH is 1. The van der Waals surface area contributed by atoms with E-state index in [0.717, 1.165) is 29.9 Å². The Labute approximate surface area is 192 Å². The molecule has 0 bridgehead atoms. The van der Waals surface area contributed by atoms with Gasteiger partial charge in [0.25, 0.3) is 0 Å². The van der Waals surface area contributed by atoms with Gasteiger partial charge in [0.1, 0.15) is 23.7 Å². The monoisotopic (exact) mass is 446 g/mol. The van der Waals surface area contributed by atoms with E-state index in [1.165, 1.54) is 0 Å². The minimum absolute atomic E-state index is 0.0645. The van der Waals surface area contributed by atoms with Gasteiger partial charge in [-0.05, 0) is 36.4 Å². The SMILES string of the molecule is CN(CCO)c1ccc(Nc2nccc(-c3ccc(OC4CCOCC4)c(C#N)c3)n2)cn1. The Kier molecular flexibility index (Phi) is 7.29. The summed E-state index contributed by atoms with van der Waals surface area (Å²) in [6.07, 6.45) is 5.06. The zero-order chi connectivity index (χ0) is 23.0. The largest absolute Gasteiger partial charge is 0.489 e. The molecule has 1 aliphatic rings. The van der Waals surface area contributed by atoms with Gasteiger partial charge in [0, 0.05) is 38.2 Å². The molecule has 0 atom stereocenters. The van der Waals surface area contributed by atoms with Crippen LogP contribution in [0, 0.1) is 11.3 Å². The molecule has 1 saturated heterocycles. The highest BCUT2D eigenvalue weighted by molar-refractivity contribution is 5.66. The van der Waals surface area contributed by atoms with E-state index in [-0.39, 0.29) is 12.7 Å². The Balaban J connectivity index is 1.48. The lowest BCUT2D eigenvalue weighted by Gasteiger charge is -2.23. The number of pyridine rings is 1. The lowest BCUT2D eigenvalue weighted by Crippen LogP contribution is -2.26. The van der Waals surface area contributed by atoms with Crippen LogP contribution in [-0.2, 0) is 4.74 Å². The average Bonchev–Trinajstić information content (AvgIpc) is 2.86. The summed E-state index contributed by atoms with van der Waals surface area (Å²) in [7, 11) is 1.87. The molecule has 3 heterocycles. The van der Waals surface area contributed by atoms with E-state index in [4.69, 9.17) is 14.6 Å². The lowest BCUT2D eigenvalue weighted by molar-refractivity contribution is 0.0254. The number of ether oxygens (including phenoxy) is 2. The molecule has 2 aromatic heterocycles. The van der Waals surface area contributed by atoms with Crippen LogP contribution in [0.1, 0.15) is 18.4 Å². The fourth-order valence-corrected chi connectivity index (χ4v) is 3.51. The number of nitrogens with zero attached hydrogens (tertiary/aromatic N) is 5. The number of hydrogen-bond donors (Lipinski definition) is 2. The number of hydrogen-bond acceptors (Lipinski definition) is 9. The molecular formula is C24H26N6O3. The summed E-state index contributed by atoms with van der Waals surface area (Å²) in [4.78, 5) is 15.1. The second kappa shape index (κ2) is 10.7. The number of rotatable bonds is 8. The number of benzene rings is 1. The molecule has 3 aromatic rings. The maximum atomic E-state index is 9.64. The van der Waals surface area contributed by atoms with E-state index in [0.29, 0.717) is 42.7 Å². The summed E-state index contributed by atoms with van der Waals surface area (Å²) >= 11 is 0. The average molecular weight is 447 g/mol. The maximum absolute atomic E-state index is 9.64. The number of nitriles is 1. The Morgan fingerprint density at radius 2 is 2.06 bits per heavy atom. The van der Waals surface area contributed by atoms with Crippen LogP contribution in [0.15, 0.2) is 48.8 Å². The predicted molar refractivity (Wildman–Crippen MR) is 125 cm³/mol. The van der Waals surface area contributed by atoms with Crippen molar-refractivity contribution in [1.82, 2.24) is 15.0 Å². The van der Waals surface area contributed by atoms with Gasteiger partial charge in [-0.15, -0.1) is 0 Å². The van der Waals surface area contributed by atoms with Gasteiger partial charge >= 0.3 is 0 Å². The lowest BCUT2D eigenvalue weighted by atomic mass is 10.1. The molecule has 9 nitrogen and oxygen atoms in total. The first-order valence-electron chi connectivity index (χ1n) is 10.8. The molecule has 0 radical (unpaired) electrons. The van der Waals surface area contributed by atoms with Crippen molar-refractivity contribution in [3.05, 3.63) is 54.4 Å². The van der Waals surface area contributed by atoms with Crippen LogP contribution in [-0.4, -0.2) is 59.6 Å². The van der Waals surface area contributed by atoms with Crippen LogP contribution in [0.3, 0.4) is 0 Å². The summed E-state index contributed by atoms with van der Waals surface area (Å²) in [5.74, 6) is 1.76. The third-order valence-corrected chi connectivity index (χ3v) is 5.34. The van der Waals surface area contributed by atoms with Crippen molar-refractivity contribution in [3.8, 4) is 23.1 Å². The molecule has 0 unspecified atom stereocenters. The Morgan fingerprint density at radius 1 is 1.21 bits per heavy atom. The summed E-state index contributed by atoms with van der Waals surface area (Å²) < 4.78 is 11.4. The molecule has 1 aromatic carbocycles. The van der Waals surface area contributed by atoms with Crippen molar-refractivity contribution >= 4 is 17.5 Å². The normalized spacial score (nSPS) is 13.8. The second-order valence-electron chi connectivity index (χ2n) is 7.69. The van der Waals surface area contributed by atoms with E-state index in [1.807, 2.05) is 36.2 Å². The van der Waals surface area contributed by atoms with Crippen LogP contribution in [0.5, 0.6) is 5.75 Å². The molecule has 1 aliphatic heterocycles. The van der Waals surface area contributed by atoms with Crippen LogP contribution in [0.2, 0.25) is 0 Å². The van der Waals surface area contributed by atoms with Crippen molar-refractivity contribution in [2.24, 2.45) is 0 Å². The number of anilines is 3. The topological polar surface area (TPSA) is 116 Å². The summed E-state index contributed by atoms with van der Waals surface area (Å²) in [5, 5.41) is 21.9. The number of aromatic nitrogens is 3. The maximum Gasteiger partial charge on any atom is 0.227 e. The zero-order valence-corrected chi connectivity index (χ0v) is 18.4. The highest BCUT2D eigenvalue weighted by Crippen LogP contribution is 2.28. The Bertz CT molecular complexity index is 1110. The molecule has 9 heteroatoms. The van der Waals surface area contributed by atoms with Crippen molar-refractivity contribution < 1.29 is 14.6 Å². The smallest absolute Gasteiger partial charge is 0.227 e. The highest BCUT2D eigenvalue weighted by Gasteiger charge is 2.17. The van der Waals surface area contributed by atoms with Crippen LogP contribution < -0.4 is 15.0 Å². The van der Waals surface area contributed by atoms with E-state index in [9.17, 15) is 5.26 Å². The molecule has 33 heavy (non-hydrogen) atoms. The van der Waals surface area contributed by atoms with Crippen molar-refractivity contribution in [1.29, 1.82) is 5.26 Å². The van der Waals surface area contributed by atoms with Crippen LogP contribution >= 0.6 is 0 Å². The van der Waals surface area contributed by atoms with Gasteiger partial charge in [-0.25, -0.2) is 15.0 Å². The number of nitrogens with one attached hydrogen (secondary N) is 1. The van der Waals surface area contributed by atoms with Gasteiger partial charge in [-0.1, -0.05) is 0 Å². The molecule has 0 saturated carbocycles.